The number of amides is 2. The van der Waals surface area contributed by atoms with E-state index in [1.54, 1.807) is 29.5 Å². The van der Waals surface area contributed by atoms with Gasteiger partial charge < -0.3 is 26.0 Å². The van der Waals surface area contributed by atoms with Gasteiger partial charge in [0.05, 0.1) is 24.5 Å². The lowest BCUT2D eigenvalue weighted by Crippen LogP contribution is -2.41. The van der Waals surface area contributed by atoms with Crippen LogP contribution in [0.3, 0.4) is 0 Å². The molecule has 2 aromatic carbocycles. The fraction of sp³-hybridized carbons (Fsp3) is 0.367. The number of methoxy groups -OCH3 is 1. The number of carbonyl (C=O) groups is 3. The zero-order valence-electron chi connectivity index (χ0n) is 22.3. The summed E-state index contributed by atoms with van der Waals surface area (Å²) in [4.78, 5) is 40.5. The van der Waals surface area contributed by atoms with Gasteiger partial charge in [-0.2, -0.15) is 0 Å². The van der Waals surface area contributed by atoms with Crippen molar-refractivity contribution in [1.82, 2.24) is 5.32 Å². The van der Waals surface area contributed by atoms with Crippen LogP contribution in [0, 0.1) is 0 Å². The number of nitrogen functional groups attached to an aromatic ring is 1. The van der Waals surface area contributed by atoms with Gasteiger partial charge >= 0.3 is 5.97 Å². The Hall–Kier alpha value is -3.69. The van der Waals surface area contributed by atoms with Gasteiger partial charge in [-0.15, -0.1) is 11.3 Å². The zero-order chi connectivity index (χ0) is 27.6. The number of anilines is 3. The maximum absolute atomic E-state index is 13.3. The highest BCUT2D eigenvalue weighted by Crippen LogP contribution is 2.31. The van der Waals surface area contributed by atoms with Gasteiger partial charge in [0.25, 0.3) is 5.91 Å². The molecule has 0 aliphatic carbocycles. The van der Waals surface area contributed by atoms with Crippen molar-refractivity contribution < 1.29 is 19.1 Å². The van der Waals surface area contributed by atoms with Gasteiger partial charge in [-0.05, 0) is 79.2 Å². The summed E-state index contributed by atoms with van der Waals surface area (Å²) in [5.74, 6) is -0.380. The first-order valence-electron chi connectivity index (χ1n) is 13.4. The molecule has 39 heavy (non-hydrogen) atoms. The van der Waals surface area contributed by atoms with E-state index in [0.29, 0.717) is 29.8 Å². The molecule has 0 bridgehead atoms. The third-order valence-corrected chi connectivity index (χ3v) is 7.85. The van der Waals surface area contributed by atoms with E-state index in [2.05, 4.69) is 15.4 Å². The number of carbonyl (C=O) groups excluding carboxylic acids is 3. The Balaban J connectivity index is 1.38. The minimum atomic E-state index is -0.260. The molecule has 1 aliphatic heterocycles. The average Bonchev–Trinajstić information content (AvgIpc) is 3.67. The van der Waals surface area contributed by atoms with Crippen molar-refractivity contribution in [2.45, 2.75) is 51.0 Å². The number of hydrogen-bond donors (Lipinski definition) is 3. The van der Waals surface area contributed by atoms with Crippen molar-refractivity contribution in [2.24, 2.45) is 0 Å². The number of benzene rings is 2. The molecule has 1 fully saturated rings. The SMILES string of the molecule is COC(=O)CCCCCCC(=O)N(c1ccc(C(=O)Nc2cc(-c3cccs3)ccc2N)cc1)C1CCNC1. The summed E-state index contributed by atoms with van der Waals surface area (Å²) in [6.07, 6.45) is 5.04. The lowest BCUT2D eigenvalue weighted by Gasteiger charge is -2.29. The summed E-state index contributed by atoms with van der Waals surface area (Å²) < 4.78 is 4.67. The number of unbranched alkanes of at least 4 members (excludes halogenated alkanes) is 3. The van der Waals surface area contributed by atoms with E-state index in [1.165, 1.54) is 7.11 Å². The van der Waals surface area contributed by atoms with E-state index in [-0.39, 0.29) is 23.8 Å². The minimum Gasteiger partial charge on any atom is -0.469 e. The molecule has 0 saturated carbocycles. The Morgan fingerprint density at radius 2 is 1.82 bits per heavy atom. The number of hydrogen-bond acceptors (Lipinski definition) is 7. The smallest absolute Gasteiger partial charge is 0.305 e. The number of nitrogens with two attached hydrogens (primary N) is 1. The van der Waals surface area contributed by atoms with Gasteiger partial charge in [-0.1, -0.05) is 25.0 Å². The van der Waals surface area contributed by atoms with Crippen LogP contribution in [0.5, 0.6) is 0 Å². The lowest BCUT2D eigenvalue weighted by molar-refractivity contribution is -0.140. The summed E-state index contributed by atoms with van der Waals surface area (Å²) in [6.45, 7) is 1.61. The second kappa shape index (κ2) is 13.9. The Labute approximate surface area is 233 Å². The average molecular weight is 549 g/mol. The summed E-state index contributed by atoms with van der Waals surface area (Å²) >= 11 is 1.63. The highest BCUT2D eigenvalue weighted by atomic mass is 32.1. The second-order valence-corrected chi connectivity index (χ2v) is 10.6. The first-order chi connectivity index (χ1) is 19.0. The Bertz CT molecular complexity index is 1250. The monoisotopic (exact) mass is 548 g/mol. The molecule has 1 saturated heterocycles. The Kier molecular flexibility index (Phi) is 10.1. The summed E-state index contributed by atoms with van der Waals surface area (Å²) in [5, 5.41) is 8.28. The van der Waals surface area contributed by atoms with Crippen LogP contribution in [-0.2, 0) is 14.3 Å². The van der Waals surface area contributed by atoms with Crippen LogP contribution in [0.1, 0.15) is 55.3 Å². The quantitative estimate of drug-likeness (QED) is 0.157. The number of rotatable bonds is 12. The van der Waals surface area contributed by atoms with Gasteiger partial charge in [0.1, 0.15) is 0 Å². The number of nitrogens with zero attached hydrogens (tertiary/aromatic N) is 1. The minimum absolute atomic E-state index is 0.0760. The fourth-order valence-electron chi connectivity index (χ4n) is 4.77. The molecular formula is C30H36N4O4S. The molecule has 0 spiro atoms. The van der Waals surface area contributed by atoms with Crippen molar-refractivity contribution in [3.05, 3.63) is 65.5 Å². The number of esters is 1. The molecule has 0 radical (unpaired) electrons. The summed E-state index contributed by atoms with van der Waals surface area (Å²) in [7, 11) is 1.40. The maximum atomic E-state index is 13.3. The number of ether oxygens (including phenoxy) is 1. The van der Waals surface area contributed by atoms with E-state index in [9.17, 15) is 14.4 Å². The van der Waals surface area contributed by atoms with Crippen LogP contribution >= 0.6 is 11.3 Å². The molecule has 1 aliphatic rings. The molecule has 3 aromatic rings. The number of thiophene rings is 1. The van der Waals surface area contributed by atoms with Crippen molar-refractivity contribution in [3.63, 3.8) is 0 Å². The maximum Gasteiger partial charge on any atom is 0.305 e. The predicted octanol–water partition coefficient (Wildman–Crippen LogP) is 5.46. The highest BCUT2D eigenvalue weighted by molar-refractivity contribution is 7.13. The van der Waals surface area contributed by atoms with E-state index in [4.69, 9.17) is 5.73 Å². The fourth-order valence-corrected chi connectivity index (χ4v) is 5.49. The van der Waals surface area contributed by atoms with Crippen LogP contribution in [-0.4, -0.2) is 44.0 Å². The largest absolute Gasteiger partial charge is 0.469 e. The standard InChI is InChI=1S/C30H36N4O4S/c1-38-29(36)9-5-3-2-4-8-28(35)34(24-16-17-32-20-24)23-13-10-21(11-14-23)30(37)33-26-19-22(12-15-25(26)31)27-7-6-18-39-27/h6-7,10-15,18-19,24,32H,2-5,8-9,16-17,20,31H2,1H3,(H,33,37). The van der Waals surface area contributed by atoms with Crippen molar-refractivity contribution in [3.8, 4) is 10.4 Å². The third-order valence-electron chi connectivity index (χ3n) is 6.93. The van der Waals surface area contributed by atoms with Gasteiger partial charge in [-0.25, -0.2) is 0 Å². The van der Waals surface area contributed by atoms with Gasteiger partial charge in [-0.3, -0.25) is 14.4 Å². The topological polar surface area (TPSA) is 114 Å². The molecule has 206 valence electrons. The summed E-state index contributed by atoms with van der Waals surface area (Å²) in [6, 6.07) is 16.9. The van der Waals surface area contributed by atoms with Crippen LogP contribution in [0.15, 0.2) is 60.0 Å². The van der Waals surface area contributed by atoms with E-state index >= 15 is 0 Å². The lowest BCUT2D eigenvalue weighted by atomic mass is 10.1. The molecule has 2 amide bonds. The first kappa shape index (κ1) is 28.3. The second-order valence-electron chi connectivity index (χ2n) is 9.68. The van der Waals surface area contributed by atoms with Crippen LogP contribution in [0.2, 0.25) is 0 Å². The van der Waals surface area contributed by atoms with E-state index in [0.717, 1.165) is 61.3 Å². The molecule has 2 heterocycles. The Morgan fingerprint density at radius 3 is 2.49 bits per heavy atom. The normalized spacial score (nSPS) is 14.6. The highest BCUT2D eigenvalue weighted by Gasteiger charge is 2.27. The van der Waals surface area contributed by atoms with Gasteiger partial charge in [0.2, 0.25) is 5.91 Å². The van der Waals surface area contributed by atoms with Crippen LogP contribution in [0.25, 0.3) is 10.4 Å². The van der Waals surface area contributed by atoms with Crippen molar-refractivity contribution in [2.75, 3.05) is 36.1 Å². The summed E-state index contributed by atoms with van der Waals surface area (Å²) in [5.41, 5.74) is 9.47. The van der Waals surface area contributed by atoms with E-state index in [1.807, 2.05) is 46.7 Å². The Morgan fingerprint density at radius 1 is 1.05 bits per heavy atom. The third kappa shape index (κ3) is 7.68. The molecular weight excluding hydrogens is 512 g/mol. The molecule has 9 heteroatoms. The van der Waals surface area contributed by atoms with Gasteiger partial charge in [0.15, 0.2) is 0 Å². The molecule has 1 aromatic heterocycles. The molecule has 4 rings (SSSR count). The molecule has 1 atom stereocenters. The number of nitrogens with one attached hydrogen (secondary N) is 2. The van der Waals surface area contributed by atoms with E-state index < -0.39 is 0 Å². The van der Waals surface area contributed by atoms with Crippen molar-refractivity contribution >= 4 is 46.2 Å². The zero-order valence-corrected chi connectivity index (χ0v) is 23.1. The van der Waals surface area contributed by atoms with Crippen molar-refractivity contribution in [1.29, 1.82) is 0 Å². The van der Waals surface area contributed by atoms with Gasteiger partial charge in [0, 0.05) is 35.5 Å². The van der Waals surface area contributed by atoms with Crippen LogP contribution < -0.4 is 21.3 Å². The predicted molar refractivity (Wildman–Crippen MR) is 157 cm³/mol. The molecule has 8 nitrogen and oxygen atoms in total. The van der Waals surface area contributed by atoms with Crippen LogP contribution in [0.4, 0.5) is 17.1 Å². The molecule has 4 N–H and O–H groups in total. The first-order valence-corrected chi connectivity index (χ1v) is 14.3. The molecule has 1 unspecified atom stereocenters.